The van der Waals surface area contributed by atoms with Crippen molar-refractivity contribution in [2.24, 2.45) is 11.8 Å². The van der Waals surface area contributed by atoms with Crippen molar-refractivity contribution >= 4 is 11.6 Å². The topological polar surface area (TPSA) is 0 Å². The van der Waals surface area contributed by atoms with E-state index in [0.717, 1.165) is 24.1 Å². The number of alkyl halides is 1. The summed E-state index contributed by atoms with van der Waals surface area (Å²) >= 11 is 6.26. The van der Waals surface area contributed by atoms with Crippen LogP contribution in [0.4, 0.5) is 0 Å². The minimum Gasteiger partial charge on any atom is -0.126 e. The van der Waals surface area contributed by atoms with Crippen LogP contribution in [0.15, 0.2) is 54.6 Å². The number of rotatable bonds is 5. The van der Waals surface area contributed by atoms with Crippen LogP contribution in [0, 0.1) is 18.8 Å². The van der Waals surface area contributed by atoms with Gasteiger partial charge in [-0.3, -0.25) is 0 Å². The van der Waals surface area contributed by atoms with Gasteiger partial charge in [-0.2, -0.15) is 0 Å². The molecule has 1 aliphatic rings. The highest BCUT2D eigenvalue weighted by Gasteiger charge is 2.43. The molecule has 0 saturated heterocycles. The lowest BCUT2D eigenvalue weighted by Gasteiger charge is -2.15. The van der Waals surface area contributed by atoms with Gasteiger partial charge in [-0.15, -0.1) is 11.6 Å². The molecule has 0 amide bonds. The summed E-state index contributed by atoms with van der Waals surface area (Å²) in [7, 11) is 0. The molecule has 3 rings (SSSR count). The molecule has 0 nitrogen and oxygen atoms in total. The fourth-order valence-corrected chi connectivity index (χ4v) is 3.60. The van der Waals surface area contributed by atoms with E-state index in [9.17, 15) is 0 Å². The molecule has 0 aromatic heterocycles. The molecule has 0 bridgehead atoms. The van der Waals surface area contributed by atoms with E-state index in [1.807, 2.05) is 0 Å². The first-order chi connectivity index (χ1) is 9.79. The molecule has 104 valence electrons. The maximum atomic E-state index is 6.26. The largest absolute Gasteiger partial charge is 0.126 e. The van der Waals surface area contributed by atoms with Crippen molar-refractivity contribution in [2.45, 2.75) is 25.7 Å². The van der Waals surface area contributed by atoms with Crippen molar-refractivity contribution in [1.29, 1.82) is 0 Å². The molecule has 0 aliphatic heterocycles. The molecular formula is C19H21Cl. The highest BCUT2D eigenvalue weighted by Crippen LogP contribution is 2.52. The van der Waals surface area contributed by atoms with Crippen LogP contribution in [0.5, 0.6) is 0 Å². The first-order valence-corrected chi connectivity index (χ1v) is 7.98. The normalized spacial score (nSPS) is 22.5. The summed E-state index contributed by atoms with van der Waals surface area (Å²) in [5.41, 5.74) is 4.33. The van der Waals surface area contributed by atoms with Crippen molar-refractivity contribution in [2.75, 3.05) is 5.88 Å². The Bertz CT molecular complexity index is 561. The third kappa shape index (κ3) is 2.91. The number of aryl methyl sites for hydroxylation is 1. The van der Waals surface area contributed by atoms with Crippen LogP contribution in [-0.2, 0) is 6.42 Å². The Balaban J connectivity index is 1.69. The second-order valence-corrected chi connectivity index (χ2v) is 6.27. The SMILES string of the molecule is Cc1ccccc1CC(CCl)C1CC1c1ccccc1. The highest BCUT2D eigenvalue weighted by atomic mass is 35.5. The Hall–Kier alpha value is -1.27. The summed E-state index contributed by atoms with van der Waals surface area (Å²) in [4.78, 5) is 0. The number of hydrogen-bond acceptors (Lipinski definition) is 0. The molecule has 0 N–H and O–H groups in total. The second-order valence-electron chi connectivity index (χ2n) is 5.96. The van der Waals surface area contributed by atoms with Crippen LogP contribution in [0.3, 0.4) is 0 Å². The van der Waals surface area contributed by atoms with Crippen molar-refractivity contribution in [3.8, 4) is 0 Å². The van der Waals surface area contributed by atoms with E-state index >= 15 is 0 Å². The standard InChI is InChI=1S/C19H21Cl/c1-14-7-5-6-10-16(14)11-17(13-20)19-12-18(19)15-8-3-2-4-9-15/h2-10,17-19H,11-13H2,1H3. The smallest absolute Gasteiger partial charge is 0.0257 e. The predicted molar refractivity (Wildman–Crippen MR) is 86.4 cm³/mol. The summed E-state index contributed by atoms with van der Waals surface area (Å²) in [5.74, 6) is 2.85. The van der Waals surface area contributed by atoms with Crippen LogP contribution in [0.1, 0.15) is 29.0 Å². The molecule has 3 unspecified atom stereocenters. The fourth-order valence-electron chi connectivity index (χ4n) is 3.26. The minimum absolute atomic E-state index is 0.600. The molecular weight excluding hydrogens is 264 g/mol. The van der Waals surface area contributed by atoms with E-state index in [1.165, 1.54) is 23.1 Å². The zero-order valence-electron chi connectivity index (χ0n) is 11.9. The molecule has 2 aromatic rings. The zero-order chi connectivity index (χ0) is 13.9. The summed E-state index contributed by atoms with van der Waals surface area (Å²) in [5, 5.41) is 0. The molecule has 3 atom stereocenters. The molecule has 20 heavy (non-hydrogen) atoms. The van der Waals surface area contributed by atoms with Crippen LogP contribution in [-0.4, -0.2) is 5.88 Å². The van der Waals surface area contributed by atoms with Gasteiger partial charge in [-0.25, -0.2) is 0 Å². The number of benzene rings is 2. The summed E-state index contributed by atoms with van der Waals surface area (Å²) in [6, 6.07) is 19.6. The van der Waals surface area contributed by atoms with Gasteiger partial charge in [-0.05, 0) is 54.2 Å². The molecule has 1 saturated carbocycles. The molecule has 0 heterocycles. The van der Waals surface area contributed by atoms with Gasteiger partial charge in [0.25, 0.3) is 0 Å². The predicted octanol–water partition coefficient (Wildman–Crippen LogP) is 5.20. The Labute approximate surface area is 126 Å². The Morgan fingerprint density at radius 1 is 1.05 bits per heavy atom. The van der Waals surface area contributed by atoms with Gasteiger partial charge in [0.2, 0.25) is 0 Å². The lowest BCUT2D eigenvalue weighted by molar-refractivity contribution is 0.500. The van der Waals surface area contributed by atoms with Gasteiger partial charge in [0.1, 0.15) is 0 Å². The van der Waals surface area contributed by atoms with Gasteiger partial charge in [0, 0.05) is 5.88 Å². The Morgan fingerprint density at radius 2 is 1.75 bits per heavy atom. The van der Waals surface area contributed by atoms with Crippen LogP contribution in [0.2, 0.25) is 0 Å². The molecule has 1 fully saturated rings. The Morgan fingerprint density at radius 3 is 2.45 bits per heavy atom. The summed E-state index contributed by atoms with van der Waals surface area (Å²) in [6.45, 7) is 2.20. The van der Waals surface area contributed by atoms with E-state index in [2.05, 4.69) is 61.5 Å². The van der Waals surface area contributed by atoms with Gasteiger partial charge in [0.05, 0.1) is 0 Å². The molecule has 1 aliphatic carbocycles. The first-order valence-electron chi connectivity index (χ1n) is 7.45. The molecule has 1 heteroatoms. The van der Waals surface area contributed by atoms with E-state index in [1.54, 1.807) is 0 Å². The van der Waals surface area contributed by atoms with E-state index in [-0.39, 0.29) is 0 Å². The fraction of sp³-hybridized carbons (Fsp3) is 0.368. The maximum Gasteiger partial charge on any atom is 0.0257 e. The average Bonchev–Trinajstić information content (AvgIpc) is 3.28. The lowest BCUT2D eigenvalue weighted by Crippen LogP contribution is -2.11. The van der Waals surface area contributed by atoms with Gasteiger partial charge >= 0.3 is 0 Å². The first kappa shape index (κ1) is 13.7. The molecule has 2 aromatic carbocycles. The third-order valence-electron chi connectivity index (χ3n) is 4.61. The van der Waals surface area contributed by atoms with Crippen molar-refractivity contribution in [3.63, 3.8) is 0 Å². The van der Waals surface area contributed by atoms with Crippen molar-refractivity contribution in [3.05, 3.63) is 71.3 Å². The Kier molecular flexibility index (Phi) is 4.12. The molecule has 0 radical (unpaired) electrons. The zero-order valence-corrected chi connectivity index (χ0v) is 12.7. The highest BCUT2D eigenvalue weighted by molar-refractivity contribution is 6.18. The van der Waals surface area contributed by atoms with Gasteiger partial charge in [0.15, 0.2) is 0 Å². The van der Waals surface area contributed by atoms with Gasteiger partial charge < -0.3 is 0 Å². The monoisotopic (exact) mass is 284 g/mol. The lowest BCUT2D eigenvalue weighted by atomic mass is 9.92. The number of hydrogen-bond donors (Lipinski definition) is 0. The van der Waals surface area contributed by atoms with E-state index in [4.69, 9.17) is 11.6 Å². The minimum atomic E-state index is 0.600. The average molecular weight is 285 g/mol. The summed E-state index contributed by atoms with van der Waals surface area (Å²) in [6.07, 6.45) is 2.41. The van der Waals surface area contributed by atoms with E-state index in [0.29, 0.717) is 5.92 Å². The van der Waals surface area contributed by atoms with Crippen molar-refractivity contribution < 1.29 is 0 Å². The number of halogens is 1. The van der Waals surface area contributed by atoms with Crippen LogP contribution >= 0.6 is 11.6 Å². The van der Waals surface area contributed by atoms with Crippen molar-refractivity contribution in [1.82, 2.24) is 0 Å². The van der Waals surface area contributed by atoms with E-state index < -0.39 is 0 Å². The van der Waals surface area contributed by atoms with Crippen LogP contribution in [0.25, 0.3) is 0 Å². The molecule has 0 spiro atoms. The third-order valence-corrected chi connectivity index (χ3v) is 5.01. The summed E-state index contributed by atoms with van der Waals surface area (Å²) < 4.78 is 0. The van der Waals surface area contributed by atoms with Gasteiger partial charge in [-0.1, -0.05) is 54.6 Å². The quantitative estimate of drug-likeness (QED) is 0.662. The maximum absolute atomic E-state index is 6.26. The second kappa shape index (κ2) is 6.01. The van der Waals surface area contributed by atoms with Crippen LogP contribution < -0.4 is 0 Å².